The predicted molar refractivity (Wildman–Crippen MR) is 132 cm³/mol. The van der Waals surface area contributed by atoms with Crippen LogP contribution < -0.4 is 15.0 Å². The quantitative estimate of drug-likeness (QED) is 0.374. The van der Waals surface area contributed by atoms with Crippen LogP contribution in [0, 0.1) is 13.8 Å². The van der Waals surface area contributed by atoms with Crippen molar-refractivity contribution < 1.29 is 9.47 Å². The van der Waals surface area contributed by atoms with Gasteiger partial charge in [0.25, 0.3) is 5.56 Å². The number of methoxy groups -OCH3 is 1. The Bertz CT molecular complexity index is 1330. The van der Waals surface area contributed by atoms with E-state index in [-0.39, 0.29) is 5.56 Å². The van der Waals surface area contributed by atoms with Gasteiger partial charge in [-0.2, -0.15) is 0 Å². The van der Waals surface area contributed by atoms with Crippen LogP contribution in [0.5, 0.6) is 11.5 Å². The third-order valence-corrected chi connectivity index (χ3v) is 5.57. The van der Waals surface area contributed by atoms with Gasteiger partial charge in [0.15, 0.2) is 17.2 Å². The van der Waals surface area contributed by atoms with Gasteiger partial charge in [-0.1, -0.05) is 48.0 Å². The Hall–Kier alpha value is -4.06. The van der Waals surface area contributed by atoms with Gasteiger partial charge in [-0.05, 0) is 55.3 Å². The van der Waals surface area contributed by atoms with E-state index in [2.05, 4.69) is 24.0 Å². The lowest BCUT2D eigenvalue weighted by Gasteiger charge is -2.11. The number of benzene rings is 3. The fourth-order valence-corrected chi connectivity index (χ4v) is 3.57. The number of aryl methyl sites for hydroxylation is 1. The molecule has 3 aromatic carbocycles. The van der Waals surface area contributed by atoms with Crippen molar-refractivity contribution in [3.05, 3.63) is 106 Å². The van der Waals surface area contributed by atoms with Crippen molar-refractivity contribution >= 4 is 11.9 Å². The highest BCUT2D eigenvalue weighted by Gasteiger charge is 2.15. The molecule has 6 nitrogen and oxygen atoms in total. The average Bonchev–Trinajstić information content (AvgIpc) is 3.05. The van der Waals surface area contributed by atoms with Crippen molar-refractivity contribution in [1.29, 1.82) is 0 Å². The molecular weight excluding hydrogens is 414 g/mol. The average molecular weight is 442 g/mol. The minimum absolute atomic E-state index is 0.164. The second-order valence-corrected chi connectivity index (χ2v) is 7.85. The van der Waals surface area contributed by atoms with Crippen LogP contribution in [-0.4, -0.2) is 22.7 Å². The summed E-state index contributed by atoms with van der Waals surface area (Å²) in [7, 11) is 3.46. The van der Waals surface area contributed by atoms with E-state index in [1.165, 1.54) is 5.56 Å². The minimum atomic E-state index is -0.164. The highest BCUT2D eigenvalue weighted by molar-refractivity contribution is 5.83. The van der Waals surface area contributed by atoms with Gasteiger partial charge >= 0.3 is 0 Å². The number of hydrogen-bond donors (Lipinski definition) is 0. The van der Waals surface area contributed by atoms with Crippen LogP contribution >= 0.6 is 0 Å². The Morgan fingerprint density at radius 1 is 0.939 bits per heavy atom. The summed E-state index contributed by atoms with van der Waals surface area (Å²) in [5.41, 5.74) is 4.93. The Balaban J connectivity index is 1.56. The van der Waals surface area contributed by atoms with E-state index in [1.807, 2.05) is 79.3 Å². The molecule has 0 fully saturated rings. The fraction of sp³-hybridized carbons (Fsp3) is 0.185. The lowest BCUT2D eigenvalue weighted by Crippen LogP contribution is -2.19. The van der Waals surface area contributed by atoms with E-state index in [0.29, 0.717) is 23.8 Å². The Morgan fingerprint density at radius 2 is 1.67 bits per heavy atom. The third kappa shape index (κ3) is 4.75. The molecule has 0 saturated carbocycles. The number of nitrogens with zero attached hydrogens (tertiary/aromatic N) is 3. The monoisotopic (exact) mass is 441 g/mol. The van der Waals surface area contributed by atoms with Crippen molar-refractivity contribution in [1.82, 2.24) is 9.36 Å². The maximum atomic E-state index is 13.0. The number of para-hydroxylation sites is 1. The molecule has 6 heteroatoms. The van der Waals surface area contributed by atoms with Crippen molar-refractivity contribution in [3.8, 4) is 17.2 Å². The number of aliphatic imine (C=N–C) groups is 1. The van der Waals surface area contributed by atoms with Gasteiger partial charge in [-0.3, -0.25) is 9.48 Å². The zero-order chi connectivity index (χ0) is 23.4. The molecule has 0 atom stereocenters. The van der Waals surface area contributed by atoms with Crippen LogP contribution in [0.3, 0.4) is 0 Å². The smallest absolute Gasteiger partial charge is 0.297 e. The van der Waals surface area contributed by atoms with Crippen molar-refractivity contribution in [2.75, 3.05) is 7.11 Å². The van der Waals surface area contributed by atoms with E-state index in [9.17, 15) is 4.79 Å². The number of aromatic nitrogens is 2. The molecular formula is C27H27N3O3. The van der Waals surface area contributed by atoms with Crippen LogP contribution in [0.15, 0.2) is 82.6 Å². The maximum Gasteiger partial charge on any atom is 0.297 e. The van der Waals surface area contributed by atoms with Crippen molar-refractivity contribution in [2.24, 2.45) is 12.0 Å². The zero-order valence-electron chi connectivity index (χ0n) is 19.3. The number of ether oxygens (including phenoxy) is 2. The van der Waals surface area contributed by atoms with E-state index in [1.54, 1.807) is 18.0 Å². The third-order valence-electron chi connectivity index (χ3n) is 5.57. The summed E-state index contributed by atoms with van der Waals surface area (Å²) in [5, 5.41) is 0. The molecule has 0 bridgehead atoms. The van der Waals surface area contributed by atoms with Gasteiger partial charge < -0.3 is 9.47 Å². The molecule has 0 aliphatic heterocycles. The molecule has 4 aromatic rings. The fourth-order valence-electron chi connectivity index (χ4n) is 3.57. The van der Waals surface area contributed by atoms with Crippen LogP contribution in [0.1, 0.15) is 22.4 Å². The first-order valence-electron chi connectivity index (χ1n) is 10.7. The van der Waals surface area contributed by atoms with Crippen LogP contribution in [-0.2, 0) is 13.7 Å². The summed E-state index contributed by atoms with van der Waals surface area (Å²) in [5.74, 6) is 1.26. The first-order chi connectivity index (χ1) is 16.0. The van der Waals surface area contributed by atoms with E-state index < -0.39 is 0 Å². The minimum Gasteiger partial charge on any atom is -0.493 e. The van der Waals surface area contributed by atoms with Crippen LogP contribution in [0.2, 0.25) is 0 Å². The van der Waals surface area contributed by atoms with E-state index in [4.69, 9.17) is 9.47 Å². The molecule has 0 amide bonds. The topological polar surface area (TPSA) is 57.8 Å². The summed E-state index contributed by atoms with van der Waals surface area (Å²) < 4.78 is 14.9. The van der Waals surface area contributed by atoms with Gasteiger partial charge in [0.05, 0.1) is 18.5 Å². The summed E-state index contributed by atoms with van der Waals surface area (Å²) in [4.78, 5) is 17.5. The van der Waals surface area contributed by atoms with E-state index in [0.717, 1.165) is 22.5 Å². The summed E-state index contributed by atoms with van der Waals surface area (Å²) in [6.45, 7) is 4.39. The molecule has 0 radical (unpaired) electrons. The predicted octanol–water partition coefficient (Wildman–Crippen LogP) is 5.13. The molecule has 33 heavy (non-hydrogen) atoms. The Labute approximate surface area is 193 Å². The molecule has 4 rings (SSSR count). The number of hydrogen-bond acceptors (Lipinski definition) is 4. The SMILES string of the molecule is COc1cc(C=Nc2c(C)n(C)n(-c3ccccc3)c2=O)ccc1OCc1ccc(C)cc1. The Morgan fingerprint density at radius 3 is 2.36 bits per heavy atom. The van der Waals surface area contributed by atoms with Gasteiger partial charge in [-0.15, -0.1) is 0 Å². The zero-order valence-corrected chi connectivity index (χ0v) is 19.3. The lowest BCUT2D eigenvalue weighted by atomic mass is 10.1. The molecule has 0 aliphatic rings. The molecule has 0 N–H and O–H groups in total. The molecule has 168 valence electrons. The highest BCUT2D eigenvalue weighted by Crippen LogP contribution is 2.29. The largest absolute Gasteiger partial charge is 0.493 e. The highest BCUT2D eigenvalue weighted by atomic mass is 16.5. The van der Waals surface area contributed by atoms with Gasteiger partial charge in [0, 0.05) is 13.3 Å². The first kappa shape index (κ1) is 22.1. The normalized spacial score (nSPS) is 11.2. The lowest BCUT2D eigenvalue weighted by molar-refractivity contribution is 0.284. The standard InChI is InChI=1S/C27H27N3O3/c1-19-10-12-21(13-11-19)18-33-24-15-14-22(16-25(24)32-4)17-28-26-20(2)29(3)30(27(26)31)23-8-6-5-7-9-23/h5-17H,18H2,1-4H3. The van der Waals surface area contributed by atoms with Crippen molar-refractivity contribution in [2.45, 2.75) is 20.5 Å². The van der Waals surface area contributed by atoms with Crippen LogP contribution in [0.4, 0.5) is 5.69 Å². The maximum absolute atomic E-state index is 13.0. The van der Waals surface area contributed by atoms with Gasteiger partial charge in [0.2, 0.25) is 0 Å². The Kier molecular flexibility index (Phi) is 6.45. The van der Waals surface area contributed by atoms with Crippen molar-refractivity contribution in [3.63, 3.8) is 0 Å². The molecule has 1 heterocycles. The number of rotatable bonds is 7. The molecule has 0 saturated heterocycles. The van der Waals surface area contributed by atoms with E-state index >= 15 is 0 Å². The second kappa shape index (κ2) is 9.61. The second-order valence-electron chi connectivity index (χ2n) is 7.85. The van der Waals surface area contributed by atoms with Gasteiger partial charge in [0.1, 0.15) is 6.61 Å². The molecule has 0 aliphatic carbocycles. The molecule has 0 unspecified atom stereocenters. The molecule has 0 spiro atoms. The molecule has 1 aromatic heterocycles. The summed E-state index contributed by atoms with van der Waals surface area (Å²) >= 11 is 0. The first-order valence-corrected chi connectivity index (χ1v) is 10.7. The van der Waals surface area contributed by atoms with Crippen LogP contribution in [0.25, 0.3) is 5.69 Å². The van der Waals surface area contributed by atoms with Gasteiger partial charge in [-0.25, -0.2) is 9.67 Å². The summed E-state index contributed by atoms with van der Waals surface area (Å²) in [6.07, 6.45) is 1.67. The summed E-state index contributed by atoms with van der Waals surface area (Å²) in [6, 6.07) is 23.3.